The number of rotatable bonds is 6. The van der Waals surface area contributed by atoms with Crippen molar-refractivity contribution in [3.63, 3.8) is 0 Å². The molecule has 1 aliphatic rings. The van der Waals surface area contributed by atoms with Gasteiger partial charge in [-0.25, -0.2) is 0 Å². The first-order valence-corrected chi connectivity index (χ1v) is 9.74. The van der Waals surface area contributed by atoms with Gasteiger partial charge in [-0.15, -0.1) is 0 Å². The molecule has 1 heterocycles. The van der Waals surface area contributed by atoms with Crippen LogP contribution in [0.25, 0.3) is 0 Å². The molecule has 2 aromatic carbocycles. The molecule has 1 N–H and O–H groups in total. The highest BCUT2D eigenvalue weighted by Gasteiger charge is 2.32. The van der Waals surface area contributed by atoms with Crippen molar-refractivity contribution in [1.29, 1.82) is 0 Å². The maximum Gasteiger partial charge on any atom is 0.416 e. The van der Waals surface area contributed by atoms with E-state index < -0.39 is 17.6 Å². The van der Waals surface area contributed by atoms with Crippen LogP contribution in [0.5, 0.6) is 0 Å². The van der Waals surface area contributed by atoms with Crippen molar-refractivity contribution >= 4 is 34.7 Å². The van der Waals surface area contributed by atoms with E-state index in [-0.39, 0.29) is 24.3 Å². The highest BCUT2D eigenvalue weighted by molar-refractivity contribution is 6.30. The molecule has 0 radical (unpaired) electrons. The lowest BCUT2D eigenvalue weighted by molar-refractivity contribution is -0.137. The molecular formula is C21H20ClF3N2O3. The Labute approximate surface area is 176 Å². The van der Waals surface area contributed by atoms with Gasteiger partial charge in [0.15, 0.2) is 5.78 Å². The highest BCUT2D eigenvalue weighted by atomic mass is 35.5. The van der Waals surface area contributed by atoms with Crippen molar-refractivity contribution in [3.8, 4) is 0 Å². The number of alkyl halides is 3. The number of carbonyl (C=O) groups is 2. The van der Waals surface area contributed by atoms with E-state index in [1.54, 1.807) is 24.3 Å². The molecule has 1 aliphatic heterocycles. The Morgan fingerprint density at radius 2 is 1.70 bits per heavy atom. The zero-order chi connectivity index (χ0) is 21.7. The van der Waals surface area contributed by atoms with Crippen LogP contribution in [-0.2, 0) is 15.7 Å². The lowest BCUT2D eigenvalue weighted by Crippen LogP contribution is -2.36. The number of hydrogen-bond acceptors (Lipinski definition) is 4. The van der Waals surface area contributed by atoms with E-state index in [1.165, 1.54) is 6.07 Å². The molecule has 9 heteroatoms. The normalized spacial score (nSPS) is 14.5. The number of nitrogens with zero attached hydrogens (tertiary/aromatic N) is 1. The van der Waals surface area contributed by atoms with E-state index in [0.717, 1.165) is 12.1 Å². The van der Waals surface area contributed by atoms with Gasteiger partial charge in [-0.05, 0) is 42.5 Å². The maximum absolute atomic E-state index is 13.1. The first-order chi connectivity index (χ1) is 14.2. The summed E-state index contributed by atoms with van der Waals surface area (Å²) in [4.78, 5) is 26.5. The molecule has 30 heavy (non-hydrogen) atoms. The smallest absolute Gasteiger partial charge is 0.378 e. The van der Waals surface area contributed by atoms with Crippen LogP contribution in [-0.4, -0.2) is 38.0 Å². The van der Waals surface area contributed by atoms with E-state index in [0.29, 0.717) is 42.6 Å². The fourth-order valence-corrected chi connectivity index (χ4v) is 3.24. The quantitative estimate of drug-likeness (QED) is 0.656. The van der Waals surface area contributed by atoms with E-state index in [4.69, 9.17) is 16.3 Å². The summed E-state index contributed by atoms with van der Waals surface area (Å²) in [6.45, 7) is 1.90. The number of amides is 1. The number of nitrogens with one attached hydrogen (secondary N) is 1. The summed E-state index contributed by atoms with van der Waals surface area (Å²) in [5.41, 5.74) is 0.117. The Kier molecular flexibility index (Phi) is 6.99. The second-order valence-corrected chi connectivity index (χ2v) is 7.24. The number of hydrogen-bond donors (Lipinski definition) is 1. The fraction of sp³-hybridized carbons (Fsp3) is 0.333. The largest absolute Gasteiger partial charge is 0.416 e. The zero-order valence-corrected chi connectivity index (χ0v) is 16.7. The predicted molar refractivity (Wildman–Crippen MR) is 108 cm³/mol. The molecular weight excluding hydrogens is 421 g/mol. The van der Waals surface area contributed by atoms with E-state index in [2.05, 4.69) is 5.32 Å². The van der Waals surface area contributed by atoms with Crippen LogP contribution in [0.4, 0.5) is 24.5 Å². The first-order valence-electron chi connectivity index (χ1n) is 9.36. The summed E-state index contributed by atoms with van der Waals surface area (Å²) >= 11 is 5.79. The van der Waals surface area contributed by atoms with Crippen LogP contribution >= 0.6 is 11.6 Å². The maximum atomic E-state index is 13.1. The summed E-state index contributed by atoms with van der Waals surface area (Å²) in [5, 5.41) is 3.03. The molecule has 0 aliphatic carbocycles. The Morgan fingerprint density at radius 3 is 2.33 bits per heavy atom. The molecule has 3 rings (SSSR count). The SMILES string of the molecule is O=C(CCC(=O)c1ccc(Cl)cc1)Nc1cc(C(F)(F)F)ccc1N1CCOCC1. The molecule has 0 bridgehead atoms. The molecule has 0 unspecified atom stereocenters. The van der Waals surface area contributed by atoms with Crippen molar-refractivity contribution in [2.24, 2.45) is 0 Å². The van der Waals surface area contributed by atoms with Gasteiger partial charge >= 0.3 is 6.18 Å². The van der Waals surface area contributed by atoms with Gasteiger partial charge in [0.25, 0.3) is 0 Å². The van der Waals surface area contributed by atoms with Gasteiger partial charge in [-0.3, -0.25) is 9.59 Å². The first kappa shape index (κ1) is 22.1. The predicted octanol–water partition coefficient (Wildman–Crippen LogP) is 4.80. The van der Waals surface area contributed by atoms with Gasteiger partial charge in [-0.2, -0.15) is 13.2 Å². The average Bonchev–Trinajstić information content (AvgIpc) is 2.72. The Hall–Kier alpha value is -2.58. The molecule has 1 amide bonds. The van der Waals surface area contributed by atoms with Crippen molar-refractivity contribution in [1.82, 2.24) is 0 Å². The summed E-state index contributed by atoms with van der Waals surface area (Å²) < 4.78 is 44.7. The minimum atomic E-state index is -4.53. The minimum Gasteiger partial charge on any atom is -0.378 e. The summed E-state index contributed by atoms with van der Waals surface area (Å²) in [5.74, 6) is -0.787. The molecule has 0 spiro atoms. The number of morpholine rings is 1. The molecule has 160 valence electrons. The highest BCUT2D eigenvalue weighted by Crippen LogP contribution is 2.36. The molecule has 5 nitrogen and oxygen atoms in total. The van der Waals surface area contributed by atoms with Crippen molar-refractivity contribution in [2.75, 3.05) is 36.5 Å². The van der Waals surface area contributed by atoms with Crippen LogP contribution in [0.1, 0.15) is 28.8 Å². The number of Topliss-reactive ketones (excluding diaryl/α,β-unsaturated/α-hetero) is 1. The molecule has 2 aromatic rings. The average molecular weight is 441 g/mol. The van der Waals surface area contributed by atoms with Gasteiger partial charge in [0.1, 0.15) is 0 Å². The van der Waals surface area contributed by atoms with Crippen LogP contribution in [0.2, 0.25) is 5.02 Å². The third-order valence-corrected chi connectivity index (χ3v) is 4.95. The third kappa shape index (κ3) is 5.73. The van der Waals surface area contributed by atoms with Crippen LogP contribution < -0.4 is 10.2 Å². The number of anilines is 2. The minimum absolute atomic E-state index is 0.0654. The van der Waals surface area contributed by atoms with E-state index in [9.17, 15) is 22.8 Å². The number of carbonyl (C=O) groups excluding carboxylic acids is 2. The molecule has 0 saturated carbocycles. The number of benzene rings is 2. The second-order valence-electron chi connectivity index (χ2n) is 6.81. The Balaban J connectivity index is 1.71. The van der Waals surface area contributed by atoms with Gasteiger partial charge in [0, 0.05) is 36.5 Å². The van der Waals surface area contributed by atoms with Crippen molar-refractivity contribution in [3.05, 3.63) is 58.6 Å². The monoisotopic (exact) mass is 440 g/mol. The number of ether oxygens (including phenoxy) is 1. The summed E-state index contributed by atoms with van der Waals surface area (Å²) in [7, 11) is 0. The number of halogens is 4. The zero-order valence-electron chi connectivity index (χ0n) is 16.0. The fourth-order valence-electron chi connectivity index (χ4n) is 3.11. The van der Waals surface area contributed by atoms with E-state index >= 15 is 0 Å². The van der Waals surface area contributed by atoms with Gasteiger partial charge in [0.05, 0.1) is 30.2 Å². The van der Waals surface area contributed by atoms with Gasteiger partial charge < -0.3 is 15.0 Å². The van der Waals surface area contributed by atoms with Crippen LogP contribution in [0, 0.1) is 0 Å². The molecule has 0 aromatic heterocycles. The second kappa shape index (κ2) is 9.49. The summed E-state index contributed by atoms with van der Waals surface area (Å²) in [6.07, 6.45) is -4.76. The Morgan fingerprint density at radius 1 is 1.03 bits per heavy atom. The number of ketones is 1. The van der Waals surface area contributed by atoms with Crippen LogP contribution in [0.15, 0.2) is 42.5 Å². The summed E-state index contributed by atoms with van der Waals surface area (Å²) in [6, 6.07) is 9.53. The molecule has 1 saturated heterocycles. The van der Waals surface area contributed by atoms with Crippen molar-refractivity contribution < 1.29 is 27.5 Å². The lowest BCUT2D eigenvalue weighted by atomic mass is 10.1. The standard InChI is InChI=1S/C21H20ClF3N2O3/c22-16-4-1-14(2-5-16)19(28)7-8-20(29)26-17-13-15(21(23,24)25)3-6-18(17)27-9-11-30-12-10-27/h1-6,13H,7-12H2,(H,26,29). The van der Waals surface area contributed by atoms with E-state index in [1.807, 2.05) is 4.90 Å². The Bertz CT molecular complexity index is 911. The third-order valence-electron chi connectivity index (χ3n) is 4.70. The van der Waals surface area contributed by atoms with Gasteiger partial charge in [0.2, 0.25) is 5.91 Å². The topological polar surface area (TPSA) is 58.6 Å². The molecule has 1 fully saturated rings. The van der Waals surface area contributed by atoms with Crippen molar-refractivity contribution in [2.45, 2.75) is 19.0 Å². The van der Waals surface area contributed by atoms with Gasteiger partial charge in [-0.1, -0.05) is 11.6 Å². The van der Waals surface area contributed by atoms with Crippen LogP contribution in [0.3, 0.4) is 0 Å². The lowest BCUT2D eigenvalue weighted by Gasteiger charge is -2.31. The molecule has 0 atom stereocenters.